The van der Waals surface area contributed by atoms with Crippen molar-refractivity contribution in [3.63, 3.8) is 0 Å². The molecule has 3 nitrogen and oxygen atoms in total. The van der Waals surface area contributed by atoms with Crippen molar-refractivity contribution in [2.75, 3.05) is 0 Å². The second kappa shape index (κ2) is 8.50. The van der Waals surface area contributed by atoms with Crippen molar-refractivity contribution >= 4 is 6.03 Å². The van der Waals surface area contributed by atoms with Crippen molar-refractivity contribution in [2.24, 2.45) is 0 Å². The number of nitrogens with one attached hydrogen (secondary N) is 1. The van der Waals surface area contributed by atoms with E-state index in [1.165, 1.54) is 50.7 Å². The number of halogens is 1. The number of carbonyl (C=O) groups is 1. The maximum Gasteiger partial charge on any atom is 0.318 e. The molecule has 1 aromatic rings. The molecule has 0 aromatic heterocycles. The summed E-state index contributed by atoms with van der Waals surface area (Å²) in [5.74, 6) is -0.240. The summed E-state index contributed by atoms with van der Waals surface area (Å²) in [5, 5.41) is 3.08. The Kier molecular flexibility index (Phi) is 6.11. The van der Waals surface area contributed by atoms with E-state index in [0.29, 0.717) is 18.6 Å². The van der Waals surface area contributed by atoms with Gasteiger partial charge in [0, 0.05) is 18.6 Å². The van der Waals surface area contributed by atoms with Gasteiger partial charge in [0.25, 0.3) is 0 Å². The monoisotopic (exact) mass is 332 g/mol. The van der Waals surface area contributed by atoms with Crippen LogP contribution in [0.5, 0.6) is 0 Å². The number of benzene rings is 1. The number of rotatable bonds is 4. The number of amides is 2. The first kappa shape index (κ1) is 17.2. The first-order chi connectivity index (χ1) is 11.7. The highest BCUT2D eigenvalue weighted by Crippen LogP contribution is 2.30. The molecule has 24 heavy (non-hydrogen) atoms. The summed E-state index contributed by atoms with van der Waals surface area (Å²) in [4.78, 5) is 15.1. The van der Waals surface area contributed by atoms with Crippen molar-refractivity contribution in [1.29, 1.82) is 0 Å². The maximum absolute atomic E-state index is 13.0. The predicted octanol–water partition coefficient (Wildman–Crippen LogP) is 5.00. The van der Waals surface area contributed by atoms with Crippen molar-refractivity contribution in [1.82, 2.24) is 10.2 Å². The number of hydrogen-bond donors (Lipinski definition) is 1. The van der Waals surface area contributed by atoms with Gasteiger partial charge in [0.15, 0.2) is 0 Å². The molecule has 0 radical (unpaired) electrons. The van der Waals surface area contributed by atoms with E-state index < -0.39 is 0 Å². The van der Waals surface area contributed by atoms with E-state index in [0.717, 1.165) is 31.2 Å². The quantitative estimate of drug-likeness (QED) is 0.826. The molecule has 4 heteroatoms. The van der Waals surface area contributed by atoms with Crippen molar-refractivity contribution in [2.45, 2.75) is 82.8 Å². The summed E-state index contributed by atoms with van der Waals surface area (Å²) < 4.78 is 13.0. The lowest BCUT2D eigenvalue weighted by Gasteiger charge is -2.41. The molecule has 2 aliphatic rings. The van der Waals surface area contributed by atoms with E-state index in [1.807, 2.05) is 0 Å². The molecule has 2 amide bonds. The van der Waals surface area contributed by atoms with Crippen LogP contribution in [-0.4, -0.2) is 23.0 Å². The van der Waals surface area contributed by atoms with Gasteiger partial charge in [-0.1, -0.05) is 50.7 Å². The molecule has 0 heterocycles. The largest absolute Gasteiger partial charge is 0.334 e. The topological polar surface area (TPSA) is 32.3 Å². The zero-order valence-electron chi connectivity index (χ0n) is 14.5. The molecule has 2 fully saturated rings. The van der Waals surface area contributed by atoms with E-state index in [9.17, 15) is 9.18 Å². The Morgan fingerprint density at radius 3 is 1.92 bits per heavy atom. The van der Waals surface area contributed by atoms with E-state index >= 15 is 0 Å². The van der Waals surface area contributed by atoms with E-state index in [2.05, 4.69) is 10.2 Å². The molecule has 1 aromatic carbocycles. The molecule has 0 aliphatic heterocycles. The summed E-state index contributed by atoms with van der Waals surface area (Å²) >= 11 is 0. The van der Waals surface area contributed by atoms with Crippen LogP contribution in [0.4, 0.5) is 9.18 Å². The van der Waals surface area contributed by atoms with Gasteiger partial charge in [0.2, 0.25) is 0 Å². The highest BCUT2D eigenvalue weighted by molar-refractivity contribution is 5.75. The van der Waals surface area contributed by atoms with Crippen LogP contribution in [0, 0.1) is 5.82 Å². The molecular weight excluding hydrogens is 303 g/mol. The fourth-order valence-electron chi connectivity index (χ4n) is 4.22. The molecule has 2 aliphatic carbocycles. The Morgan fingerprint density at radius 1 is 0.917 bits per heavy atom. The van der Waals surface area contributed by atoms with Crippen molar-refractivity contribution in [3.05, 3.63) is 35.6 Å². The van der Waals surface area contributed by atoms with Gasteiger partial charge in [-0.2, -0.15) is 0 Å². The van der Waals surface area contributed by atoms with Gasteiger partial charge in [0.1, 0.15) is 5.82 Å². The zero-order valence-corrected chi connectivity index (χ0v) is 14.5. The van der Waals surface area contributed by atoms with Crippen molar-refractivity contribution in [3.8, 4) is 0 Å². The third-order valence-electron chi connectivity index (χ3n) is 5.53. The average Bonchev–Trinajstić information content (AvgIpc) is 2.63. The molecule has 0 bridgehead atoms. The van der Waals surface area contributed by atoms with Gasteiger partial charge in [-0.25, -0.2) is 9.18 Å². The van der Waals surface area contributed by atoms with Gasteiger partial charge >= 0.3 is 6.03 Å². The third-order valence-corrected chi connectivity index (χ3v) is 5.53. The summed E-state index contributed by atoms with van der Waals surface area (Å²) in [6.45, 7) is 0.467. The SMILES string of the molecule is O=C(NCc1ccc(F)cc1)N(C1CCCCC1)C1CCCCC1. The predicted molar refractivity (Wildman–Crippen MR) is 94.2 cm³/mol. The van der Waals surface area contributed by atoms with Crippen LogP contribution < -0.4 is 5.32 Å². The average molecular weight is 332 g/mol. The van der Waals surface area contributed by atoms with Gasteiger partial charge in [-0.05, 0) is 43.4 Å². The van der Waals surface area contributed by atoms with Crippen LogP contribution in [-0.2, 0) is 6.54 Å². The second-order valence-electron chi connectivity index (χ2n) is 7.28. The van der Waals surface area contributed by atoms with Gasteiger partial charge < -0.3 is 10.2 Å². The van der Waals surface area contributed by atoms with Gasteiger partial charge in [-0.15, -0.1) is 0 Å². The van der Waals surface area contributed by atoms with E-state index in [1.54, 1.807) is 12.1 Å². The Morgan fingerprint density at radius 2 is 1.42 bits per heavy atom. The number of carbonyl (C=O) groups excluding carboxylic acids is 1. The molecule has 0 spiro atoms. The lowest BCUT2D eigenvalue weighted by Crippen LogP contribution is -2.52. The minimum Gasteiger partial charge on any atom is -0.334 e. The van der Waals surface area contributed by atoms with Crippen LogP contribution in [0.15, 0.2) is 24.3 Å². The standard InChI is InChI=1S/C20H29FN2O/c21-17-13-11-16(12-14-17)15-22-20(24)23(18-7-3-1-4-8-18)19-9-5-2-6-10-19/h11-14,18-19H,1-10,15H2,(H,22,24). The number of nitrogens with zero attached hydrogens (tertiary/aromatic N) is 1. The lowest BCUT2D eigenvalue weighted by atomic mass is 9.89. The molecule has 1 N–H and O–H groups in total. The molecule has 0 atom stereocenters. The van der Waals surface area contributed by atoms with Crippen LogP contribution in [0.3, 0.4) is 0 Å². The minimum absolute atomic E-state index is 0.0677. The second-order valence-corrected chi connectivity index (χ2v) is 7.28. The smallest absolute Gasteiger partial charge is 0.318 e. The highest BCUT2D eigenvalue weighted by Gasteiger charge is 2.32. The molecule has 132 valence electrons. The van der Waals surface area contributed by atoms with Gasteiger partial charge in [0.05, 0.1) is 0 Å². The molecule has 0 saturated heterocycles. The molecule has 2 saturated carbocycles. The zero-order chi connectivity index (χ0) is 16.8. The molecule has 3 rings (SSSR count). The summed E-state index contributed by atoms with van der Waals surface area (Å²) in [6.07, 6.45) is 12.1. The number of urea groups is 1. The number of hydrogen-bond acceptors (Lipinski definition) is 1. The first-order valence-corrected chi connectivity index (χ1v) is 9.54. The third kappa shape index (κ3) is 4.49. The fraction of sp³-hybridized carbons (Fsp3) is 0.650. The Balaban J connectivity index is 1.64. The van der Waals surface area contributed by atoms with Gasteiger partial charge in [-0.3, -0.25) is 0 Å². The van der Waals surface area contributed by atoms with Crippen LogP contribution in [0.25, 0.3) is 0 Å². The van der Waals surface area contributed by atoms with E-state index in [4.69, 9.17) is 0 Å². The Hall–Kier alpha value is -1.58. The summed E-state index contributed by atoms with van der Waals surface area (Å²) in [7, 11) is 0. The lowest BCUT2D eigenvalue weighted by molar-refractivity contribution is 0.104. The minimum atomic E-state index is -0.240. The molecule has 0 unspecified atom stereocenters. The summed E-state index contributed by atoms with van der Waals surface area (Å²) in [6, 6.07) is 7.23. The van der Waals surface area contributed by atoms with Crippen LogP contribution in [0.2, 0.25) is 0 Å². The normalized spacial score (nSPS) is 19.9. The van der Waals surface area contributed by atoms with E-state index in [-0.39, 0.29) is 11.8 Å². The highest BCUT2D eigenvalue weighted by atomic mass is 19.1. The van der Waals surface area contributed by atoms with Crippen LogP contribution in [0.1, 0.15) is 69.8 Å². The fourth-order valence-corrected chi connectivity index (χ4v) is 4.22. The van der Waals surface area contributed by atoms with Crippen LogP contribution >= 0.6 is 0 Å². The Bertz CT molecular complexity index is 501. The maximum atomic E-state index is 13.0. The van der Waals surface area contributed by atoms with Crippen molar-refractivity contribution < 1.29 is 9.18 Å². The first-order valence-electron chi connectivity index (χ1n) is 9.54. The Labute approximate surface area is 144 Å². The molecular formula is C20H29FN2O. The summed E-state index contributed by atoms with van der Waals surface area (Å²) in [5.41, 5.74) is 0.942.